The van der Waals surface area contributed by atoms with Gasteiger partial charge in [-0.3, -0.25) is 0 Å². The highest BCUT2D eigenvalue weighted by Crippen LogP contribution is 2.06. The molecule has 0 rings (SSSR count). The minimum absolute atomic E-state index is 0.0220. The molecule has 0 amide bonds. The summed E-state index contributed by atoms with van der Waals surface area (Å²) in [5.41, 5.74) is 5.31. The molecule has 0 aromatic rings. The Kier molecular flexibility index (Phi) is 5.09. The SMILES string of the molecule is CC(N)CSCC(F)F. The van der Waals surface area contributed by atoms with Gasteiger partial charge < -0.3 is 5.73 Å². The smallest absolute Gasteiger partial charge is 0.247 e. The highest BCUT2D eigenvalue weighted by molar-refractivity contribution is 7.99. The molecule has 4 heteroatoms. The Labute approximate surface area is 58.0 Å². The molecule has 0 aromatic heterocycles. The molecule has 1 atom stereocenters. The Bertz CT molecular complexity index is 60.0. The maximum atomic E-state index is 11.4. The average Bonchev–Trinajstić information content (AvgIpc) is 1.63. The van der Waals surface area contributed by atoms with Gasteiger partial charge >= 0.3 is 0 Å². The van der Waals surface area contributed by atoms with Crippen LogP contribution in [0.1, 0.15) is 6.92 Å². The summed E-state index contributed by atoms with van der Waals surface area (Å²) in [6.07, 6.45) is -2.20. The zero-order valence-electron chi connectivity index (χ0n) is 5.31. The van der Waals surface area contributed by atoms with Gasteiger partial charge in [0.15, 0.2) is 0 Å². The molecule has 0 bridgehead atoms. The highest BCUT2D eigenvalue weighted by atomic mass is 32.2. The molecule has 0 saturated heterocycles. The van der Waals surface area contributed by atoms with Crippen molar-refractivity contribution in [1.82, 2.24) is 0 Å². The van der Waals surface area contributed by atoms with Gasteiger partial charge in [0, 0.05) is 11.8 Å². The predicted molar refractivity (Wildman–Crippen MR) is 37.0 cm³/mol. The van der Waals surface area contributed by atoms with E-state index in [0.717, 1.165) is 0 Å². The van der Waals surface area contributed by atoms with Gasteiger partial charge in [-0.15, -0.1) is 0 Å². The van der Waals surface area contributed by atoms with Crippen molar-refractivity contribution in [3.05, 3.63) is 0 Å². The molecule has 0 heterocycles. The summed E-state index contributed by atoms with van der Waals surface area (Å²) in [5.74, 6) is 0.520. The van der Waals surface area contributed by atoms with E-state index in [-0.39, 0.29) is 11.8 Å². The van der Waals surface area contributed by atoms with Crippen molar-refractivity contribution in [3.8, 4) is 0 Å². The molecule has 56 valence electrons. The number of alkyl halides is 2. The first-order valence-electron chi connectivity index (χ1n) is 2.74. The summed E-state index contributed by atoms with van der Waals surface area (Å²) in [4.78, 5) is 0. The summed E-state index contributed by atoms with van der Waals surface area (Å²) in [6.45, 7) is 1.80. The van der Waals surface area contributed by atoms with Crippen molar-refractivity contribution in [2.75, 3.05) is 11.5 Å². The molecule has 0 radical (unpaired) electrons. The van der Waals surface area contributed by atoms with Gasteiger partial charge in [-0.1, -0.05) is 0 Å². The molecule has 0 saturated carbocycles. The normalized spacial score (nSPS) is 14.3. The zero-order chi connectivity index (χ0) is 7.28. The molecular weight excluding hydrogens is 144 g/mol. The van der Waals surface area contributed by atoms with Gasteiger partial charge in [-0.2, -0.15) is 11.8 Å². The minimum atomic E-state index is -2.20. The van der Waals surface area contributed by atoms with Crippen LogP contribution in [0.2, 0.25) is 0 Å². The summed E-state index contributed by atoms with van der Waals surface area (Å²) in [5, 5.41) is 0. The fourth-order valence-corrected chi connectivity index (χ4v) is 1.03. The lowest BCUT2D eigenvalue weighted by Crippen LogP contribution is -2.18. The van der Waals surface area contributed by atoms with Crippen LogP contribution in [0.25, 0.3) is 0 Å². The van der Waals surface area contributed by atoms with E-state index in [1.807, 2.05) is 0 Å². The van der Waals surface area contributed by atoms with Crippen molar-refractivity contribution >= 4 is 11.8 Å². The second-order valence-electron chi connectivity index (χ2n) is 1.91. The van der Waals surface area contributed by atoms with E-state index in [1.54, 1.807) is 6.92 Å². The van der Waals surface area contributed by atoms with Crippen LogP contribution in [0.3, 0.4) is 0 Å². The minimum Gasteiger partial charge on any atom is -0.327 e. The average molecular weight is 155 g/mol. The third-order valence-corrected chi connectivity index (χ3v) is 1.87. The van der Waals surface area contributed by atoms with Crippen LogP contribution in [0.15, 0.2) is 0 Å². The molecule has 0 fully saturated rings. The standard InChI is InChI=1S/C5H11F2NS/c1-4(8)2-9-3-5(6)7/h4-5H,2-3,8H2,1H3. The number of hydrogen-bond donors (Lipinski definition) is 1. The molecule has 0 aromatic carbocycles. The van der Waals surface area contributed by atoms with Crippen molar-refractivity contribution in [2.45, 2.75) is 19.4 Å². The topological polar surface area (TPSA) is 26.0 Å². The third-order valence-electron chi connectivity index (χ3n) is 0.625. The molecule has 0 aliphatic carbocycles. The fourth-order valence-electron chi connectivity index (χ4n) is 0.343. The van der Waals surface area contributed by atoms with Gasteiger partial charge in [0.05, 0.1) is 5.75 Å². The molecule has 1 unspecified atom stereocenters. The van der Waals surface area contributed by atoms with E-state index in [2.05, 4.69) is 0 Å². The zero-order valence-corrected chi connectivity index (χ0v) is 6.13. The maximum Gasteiger partial charge on any atom is 0.247 e. The Morgan fingerprint density at radius 3 is 2.33 bits per heavy atom. The fraction of sp³-hybridized carbons (Fsp3) is 1.00. The highest BCUT2D eigenvalue weighted by Gasteiger charge is 2.02. The van der Waals surface area contributed by atoms with Crippen LogP contribution < -0.4 is 5.73 Å². The lowest BCUT2D eigenvalue weighted by Gasteiger charge is -2.02. The Morgan fingerprint density at radius 2 is 2.00 bits per heavy atom. The van der Waals surface area contributed by atoms with Crippen molar-refractivity contribution in [2.24, 2.45) is 5.73 Å². The lowest BCUT2D eigenvalue weighted by atomic mass is 10.4. The molecule has 0 spiro atoms. The second-order valence-corrected chi connectivity index (χ2v) is 2.98. The van der Waals surface area contributed by atoms with Crippen molar-refractivity contribution in [1.29, 1.82) is 0 Å². The number of halogens is 2. The molecule has 0 aliphatic heterocycles. The second kappa shape index (κ2) is 4.99. The largest absolute Gasteiger partial charge is 0.327 e. The van der Waals surface area contributed by atoms with Gasteiger partial charge in [0.1, 0.15) is 0 Å². The lowest BCUT2D eigenvalue weighted by molar-refractivity contribution is 0.177. The Hall–Kier alpha value is 0.170. The first-order valence-corrected chi connectivity index (χ1v) is 3.90. The van der Waals surface area contributed by atoms with E-state index in [9.17, 15) is 8.78 Å². The Morgan fingerprint density at radius 1 is 1.44 bits per heavy atom. The van der Waals surface area contributed by atoms with Crippen molar-refractivity contribution < 1.29 is 8.78 Å². The molecule has 9 heavy (non-hydrogen) atoms. The van der Waals surface area contributed by atoms with E-state index in [1.165, 1.54) is 11.8 Å². The molecule has 2 N–H and O–H groups in total. The van der Waals surface area contributed by atoms with E-state index in [0.29, 0.717) is 5.75 Å². The van der Waals surface area contributed by atoms with Crippen LogP contribution in [0.4, 0.5) is 8.78 Å². The number of thioether (sulfide) groups is 1. The monoisotopic (exact) mass is 155 g/mol. The number of nitrogens with two attached hydrogens (primary N) is 1. The summed E-state index contributed by atoms with van der Waals surface area (Å²) in [7, 11) is 0. The third kappa shape index (κ3) is 8.17. The first-order chi connectivity index (χ1) is 4.13. The van der Waals surface area contributed by atoms with E-state index >= 15 is 0 Å². The molecule has 0 aliphatic rings. The van der Waals surface area contributed by atoms with Crippen LogP contribution in [0, 0.1) is 0 Å². The van der Waals surface area contributed by atoms with Crippen molar-refractivity contribution in [3.63, 3.8) is 0 Å². The number of hydrogen-bond acceptors (Lipinski definition) is 2. The van der Waals surface area contributed by atoms with Crippen LogP contribution in [0.5, 0.6) is 0 Å². The number of rotatable bonds is 4. The maximum absolute atomic E-state index is 11.4. The van der Waals surface area contributed by atoms with Gasteiger partial charge in [-0.05, 0) is 6.92 Å². The van der Waals surface area contributed by atoms with Crippen LogP contribution >= 0.6 is 11.8 Å². The summed E-state index contributed by atoms with van der Waals surface area (Å²) in [6, 6.07) is 0.0220. The summed E-state index contributed by atoms with van der Waals surface area (Å²) >= 11 is 1.19. The van der Waals surface area contributed by atoms with Gasteiger partial charge in [0.25, 0.3) is 0 Å². The van der Waals surface area contributed by atoms with Gasteiger partial charge in [0.2, 0.25) is 6.43 Å². The van der Waals surface area contributed by atoms with E-state index < -0.39 is 6.43 Å². The van der Waals surface area contributed by atoms with Crippen LogP contribution in [-0.2, 0) is 0 Å². The van der Waals surface area contributed by atoms with Crippen LogP contribution in [-0.4, -0.2) is 24.0 Å². The Balaban J connectivity index is 2.91. The molecular formula is C5H11F2NS. The quantitative estimate of drug-likeness (QED) is 0.662. The first kappa shape index (κ1) is 9.17. The molecule has 1 nitrogen and oxygen atoms in total. The summed E-state index contributed by atoms with van der Waals surface area (Å²) < 4.78 is 22.8. The van der Waals surface area contributed by atoms with E-state index in [4.69, 9.17) is 5.73 Å². The predicted octanol–water partition coefficient (Wildman–Crippen LogP) is 1.33. The van der Waals surface area contributed by atoms with Gasteiger partial charge in [-0.25, -0.2) is 8.78 Å².